The Morgan fingerprint density at radius 1 is 1.64 bits per heavy atom. The monoisotopic (exact) mass is 261 g/mol. The summed E-state index contributed by atoms with van der Waals surface area (Å²) >= 11 is 3.03. The van der Waals surface area contributed by atoms with E-state index >= 15 is 0 Å². The van der Waals surface area contributed by atoms with Crippen LogP contribution in [-0.2, 0) is 11.2 Å². The average molecular weight is 262 g/mol. The van der Waals surface area contributed by atoms with Gasteiger partial charge in [-0.3, -0.25) is 4.79 Å². The molecule has 0 bridgehead atoms. The molecule has 1 atom stereocenters. The van der Waals surface area contributed by atoms with Crippen LogP contribution in [0.25, 0.3) is 0 Å². The molecule has 0 aliphatic heterocycles. The molecule has 0 saturated carbocycles. The van der Waals surface area contributed by atoms with Gasteiger partial charge in [0.05, 0.1) is 4.47 Å². The van der Waals surface area contributed by atoms with Gasteiger partial charge in [0.15, 0.2) is 0 Å². The van der Waals surface area contributed by atoms with Crippen molar-refractivity contribution in [3.8, 4) is 0 Å². The van der Waals surface area contributed by atoms with Crippen molar-refractivity contribution in [2.45, 2.75) is 12.5 Å². The average Bonchev–Trinajstić information content (AvgIpc) is 2.12. The van der Waals surface area contributed by atoms with E-state index in [2.05, 4.69) is 15.9 Å². The Labute approximate surface area is 88.9 Å². The number of rotatable bonds is 3. The Kier molecular flexibility index (Phi) is 3.60. The molecule has 5 heteroatoms. The van der Waals surface area contributed by atoms with E-state index in [-0.39, 0.29) is 10.9 Å². The molecular weight excluding hydrogens is 253 g/mol. The van der Waals surface area contributed by atoms with Gasteiger partial charge in [-0.2, -0.15) is 0 Å². The summed E-state index contributed by atoms with van der Waals surface area (Å²) in [5, 5.41) is 8.57. The second-order valence-electron chi connectivity index (χ2n) is 2.86. The first-order valence-electron chi connectivity index (χ1n) is 3.93. The number of hydrogen-bond donors (Lipinski definition) is 2. The topological polar surface area (TPSA) is 63.3 Å². The van der Waals surface area contributed by atoms with Crippen LogP contribution < -0.4 is 5.73 Å². The third-order valence-electron chi connectivity index (χ3n) is 1.79. The molecule has 0 spiro atoms. The number of carboxylic acids is 1. The minimum Gasteiger partial charge on any atom is -0.480 e. The molecule has 1 aromatic carbocycles. The molecule has 0 radical (unpaired) electrons. The molecule has 0 aromatic heterocycles. The summed E-state index contributed by atoms with van der Waals surface area (Å²) in [6.07, 6.45) is 0.105. The van der Waals surface area contributed by atoms with Gasteiger partial charge in [-0.1, -0.05) is 12.1 Å². The van der Waals surface area contributed by atoms with Crippen LogP contribution in [0.15, 0.2) is 22.7 Å². The van der Waals surface area contributed by atoms with Crippen LogP contribution in [-0.4, -0.2) is 17.1 Å². The zero-order valence-electron chi connectivity index (χ0n) is 7.21. The molecule has 1 unspecified atom stereocenters. The number of halogens is 2. The van der Waals surface area contributed by atoms with Crippen molar-refractivity contribution < 1.29 is 14.3 Å². The molecule has 0 amide bonds. The lowest BCUT2D eigenvalue weighted by molar-refractivity contribution is -0.138. The summed E-state index contributed by atoms with van der Waals surface area (Å²) in [6.45, 7) is 0. The molecule has 3 nitrogen and oxygen atoms in total. The normalized spacial score (nSPS) is 12.5. The predicted molar refractivity (Wildman–Crippen MR) is 53.4 cm³/mol. The number of carboxylic acid groups (broad SMARTS) is 1. The molecule has 0 aliphatic rings. The molecule has 0 heterocycles. The molecular formula is C9H9BrFNO2. The second-order valence-corrected chi connectivity index (χ2v) is 3.65. The van der Waals surface area contributed by atoms with E-state index in [0.717, 1.165) is 0 Å². The Morgan fingerprint density at radius 3 is 2.86 bits per heavy atom. The van der Waals surface area contributed by atoms with Crippen molar-refractivity contribution in [2.24, 2.45) is 5.73 Å². The molecule has 3 N–H and O–H groups in total. The summed E-state index contributed by atoms with van der Waals surface area (Å²) in [6, 6.07) is 3.44. The van der Waals surface area contributed by atoms with Crippen LogP contribution in [0.1, 0.15) is 5.56 Å². The molecule has 14 heavy (non-hydrogen) atoms. The number of hydrogen-bond acceptors (Lipinski definition) is 2. The Balaban J connectivity index is 2.87. The van der Waals surface area contributed by atoms with Crippen molar-refractivity contribution in [2.75, 3.05) is 0 Å². The highest BCUT2D eigenvalue weighted by Gasteiger charge is 2.14. The maximum atomic E-state index is 13.0. The van der Waals surface area contributed by atoms with Crippen LogP contribution in [0.5, 0.6) is 0 Å². The van der Waals surface area contributed by atoms with Crippen LogP contribution in [0.3, 0.4) is 0 Å². The van der Waals surface area contributed by atoms with Crippen molar-refractivity contribution >= 4 is 21.9 Å². The SMILES string of the molecule is NC(Cc1cccc(F)c1Br)C(=O)O. The zero-order valence-corrected chi connectivity index (χ0v) is 8.79. The molecule has 0 fully saturated rings. The fourth-order valence-corrected chi connectivity index (χ4v) is 1.46. The molecule has 0 aliphatic carbocycles. The molecule has 0 saturated heterocycles. The first-order chi connectivity index (χ1) is 6.52. The summed E-state index contributed by atoms with van der Waals surface area (Å²) in [5.74, 6) is -1.51. The lowest BCUT2D eigenvalue weighted by Crippen LogP contribution is -2.32. The summed E-state index contributed by atoms with van der Waals surface area (Å²) in [4.78, 5) is 10.5. The third-order valence-corrected chi connectivity index (χ3v) is 2.68. The van der Waals surface area contributed by atoms with Gasteiger partial charge in [0.25, 0.3) is 0 Å². The number of carbonyl (C=O) groups is 1. The van der Waals surface area contributed by atoms with Gasteiger partial charge in [0, 0.05) is 0 Å². The minimum absolute atomic E-state index is 0.105. The van der Waals surface area contributed by atoms with Gasteiger partial charge >= 0.3 is 5.97 Å². The van der Waals surface area contributed by atoms with Crippen molar-refractivity contribution in [1.29, 1.82) is 0 Å². The quantitative estimate of drug-likeness (QED) is 0.868. The smallest absolute Gasteiger partial charge is 0.320 e. The van der Waals surface area contributed by atoms with Crippen molar-refractivity contribution in [3.63, 3.8) is 0 Å². The summed E-state index contributed by atoms with van der Waals surface area (Å²) < 4.78 is 13.3. The van der Waals surface area contributed by atoms with Crippen LogP contribution in [0.4, 0.5) is 4.39 Å². The highest BCUT2D eigenvalue weighted by atomic mass is 79.9. The van der Waals surface area contributed by atoms with E-state index in [1.807, 2.05) is 0 Å². The standard InChI is InChI=1S/C9H9BrFNO2/c10-8-5(2-1-3-6(8)11)4-7(12)9(13)14/h1-3,7H,4,12H2,(H,13,14). The second kappa shape index (κ2) is 4.52. The molecule has 1 rings (SSSR count). The lowest BCUT2D eigenvalue weighted by atomic mass is 10.1. The maximum absolute atomic E-state index is 13.0. The van der Waals surface area contributed by atoms with Crippen LogP contribution in [0, 0.1) is 5.82 Å². The van der Waals surface area contributed by atoms with Gasteiger partial charge in [0.2, 0.25) is 0 Å². The zero-order chi connectivity index (χ0) is 10.7. The van der Waals surface area contributed by atoms with E-state index in [0.29, 0.717) is 5.56 Å². The fraction of sp³-hybridized carbons (Fsp3) is 0.222. The van der Waals surface area contributed by atoms with E-state index in [1.54, 1.807) is 6.07 Å². The number of aliphatic carboxylic acids is 1. The fourth-order valence-electron chi connectivity index (χ4n) is 1.03. The van der Waals surface area contributed by atoms with Gasteiger partial charge in [-0.15, -0.1) is 0 Å². The van der Waals surface area contributed by atoms with E-state index in [1.165, 1.54) is 12.1 Å². The Morgan fingerprint density at radius 2 is 2.29 bits per heavy atom. The van der Waals surface area contributed by atoms with Crippen LogP contribution in [0.2, 0.25) is 0 Å². The molecule has 1 aromatic rings. The lowest BCUT2D eigenvalue weighted by Gasteiger charge is -2.08. The van der Waals surface area contributed by atoms with Gasteiger partial charge in [-0.05, 0) is 34.0 Å². The van der Waals surface area contributed by atoms with E-state index in [9.17, 15) is 9.18 Å². The molecule has 76 valence electrons. The maximum Gasteiger partial charge on any atom is 0.320 e. The Bertz CT molecular complexity index is 357. The van der Waals surface area contributed by atoms with Gasteiger partial charge in [-0.25, -0.2) is 4.39 Å². The first kappa shape index (κ1) is 11.1. The summed E-state index contributed by atoms with van der Waals surface area (Å²) in [5.41, 5.74) is 5.88. The predicted octanol–water partition coefficient (Wildman–Crippen LogP) is 1.54. The highest BCUT2D eigenvalue weighted by Crippen LogP contribution is 2.21. The van der Waals surface area contributed by atoms with Gasteiger partial charge < -0.3 is 10.8 Å². The highest BCUT2D eigenvalue weighted by molar-refractivity contribution is 9.10. The van der Waals surface area contributed by atoms with E-state index < -0.39 is 17.8 Å². The number of nitrogens with two attached hydrogens (primary N) is 1. The first-order valence-corrected chi connectivity index (χ1v) is 4.73. The van der Waals surface area contributed by atoms with E-state index in [4.69, 9.17) is 10.8 Å². The van der Waals surface area contributed by atoms with Crippen LogP contribution >= 0.6 is 15.9 Å². The largest absolute Gasteiger partial charge is 0.480 e. The van der Waals surface area contributed by atoms with Crippen molar-refractivity contribution in [3.05, 3.63) is 34.1 Å². The van der Waals surface area contributed by atoms with Gasteiger partial charge in [0.1, 0.15) is 11.9 Å². The Hall–Kier alpha value is -0.940. The van der Waals surface area contributed by atoms with Crippen molar-refractivity contribution in [1.82, 2.24) is 0 Å². The minimum atomic E-state index is -1.10. The number of benzene rings is 1. The third kappa shape index (κ3) is 2.52. The summed E-state index contributed by atoms with van der Waals surface area (Å²) in [7, 11) is 0.